The fraction of sp³-hybridized carbons (Fsp3) is 0.400. The van der Waals surface area contributed by atoms with Gasteiger partial charge in [0.1, 0.15) is 0 Å². The highest BCUT2D eigenvalue weighted by Gasteiger charge is 2.22. The lowest BCUT2D eigenvalue weighted by atomic mass is 10.2. The highest BCUT2D eigenvalue weighted by Crippen LogP contribution is 2.15. The van der Waals surface area contributed by atoms with E-state index in [0.29, 0.717) is 6.54 Å². The molecule has 0 amide bonds. The van der Waals surface area contributed by atoms with Gasteiger partial charge in [0.2, 0.25) is 0 Å². The van der Waals surface area contributed by atoms with Crippen LogP contribution in [0.15, 0.2) is 30.3 Å². The summed E-state index contributed by atoms with van der Waals surface area (Å²) < 4.78 is 23.8. The molecule has 1 rings (SSSR count). The van der Waals surface area contributed by atoms with Crippen molar-refractivity contribution in [1.29, 1.82) is 0 Å². The maximum Gasteiger partial charge on any atom is 0.300 e. The normalized spacial score (nSPS) is 12.3. The second-order valence-corrected chi connectivity index (χ2v) is 6.03. The van der Waals surface area contributed by atoms with Crippen LogP contribution >= 0.6 is 10.7 Å². The highest BCUT2D eigenvalue weighted by atomic mass is 35.7. The van der Waals surface area contributed by atoms with E-state index >= 15 is 0 Å². The quantitative estimate of drug-likeness (QED) is 0.766. The van der Waals surface area contributed by atoms with Crippen molar-refractivity contribution in [2.24, 2.45) is 0 Å². The summed E-state index contributed by atoms with van der Waals surface area (Å²) >= 11 is 0. The van der Waals surface area contributed by atoms with Crippen LogP contribution in [0.3, 0.4) is 0 Å². The van der Waals surface area contributed by atoms with E-state index in [-0.39, 0.29) is 6.04 Å². The molecule has 0 bridgehead atoms. The minimum Gasteiger partial charge on any atom is -0.195 e. The molecular formula is C10H14ClNO2S. The van der Waals surface area contributed by atoms with Crippen molar-refractivity contribution in [3.63, 3.8) is 0 Å². The summed E-state index contributed by atoms with van der Waals surface area (Å²) in [5.74, 6) is 0. The lowest BCUT2D eigenvalue weighted by Crippen LogP contribution is -2.33. The predicted octanol–water partition coefficient (Wildman–Crippen LogP) is 2.38. The Labute approximate surface area is 95.2 Å². The summed E-state index contributed by atoms with van der Waals surface area (Å²) in [4.78, 5) is 0. The van der Waals surface area contributed by atoms with Crippen LogP contribution in [-0.4, -0.2) is 18.8 Å². The minimum absolute atomic E-state index is 0.146. The Balaban J connectivity index is 2.87. The van der Waals surface area contributed by atoms with Gasteiger partial charge in [-0.25, -0.2) is 0 Å². The first-order valence-electron chi connectivity index (χ1n) is 4.66. The maximum atomic E-state index is 11.3. The van der Waals surface area contributed by atoms with Crippen molar-refractivity contribution in [2.45, 2.75) is 26.4 Å². The first-order chi connectivity index (χ1) is 6.91. The fourth-order valence-electron chi connectivity index (χ4n) is 1.27. The van der Waals surface area contributed by atoms with Crippen LogP contribution in [0.5, 0.6) is 0 Å². The molecule has 0 saturated carbocycles. The summed E-state index contributed by atoms with van der Waals surface area (Å²) in [5, 5.41) is 0. The van der Waals surface area contributed by atoms with E-state index in [1.54, 1.807) is 13.8 Å². The SMILES string of the molecule is CC(C)N(Cc1ccccc1)S(=O)(=O)Cl. The molecular weight excluding hydrogens is 234 g/mol. The summed E-state index contributed by atoms with van der Waals surface area (Å²) in [6, 6.07) is 9.23. The Bertz CT molecular complexity index is 403. The third-order valence-corrected chi connectivity index (χ3v) is 3.68. The number of benzene rings is 1. The molecule has 0 fully saturated rings. The molecule has 0 aliphatic rings. The standard InChI is InChI=1S/C10H14ClNO2S/c1-9(2)12(15(11,13)14)8-10-6-4-3-5-7-10/h3-7,9H,8H2,1-2H3. The largest absolute Gasteiger partial charge is 0.300 e. The second-order valence-electron chi connectivity index (χ2n) is 3.57. The highest BCUT2D eigenvalue weighted by molar-refractivity contribution is 8.11. The Hall–Kier alpha value is -0.580. The monoisotopic (exact) mass is 247 g/mol. The number of halogens is 1. The molecule has 0 aliphatic carbocycles. The van der Waals surface area contributed by atoms with E-state index < -0.39 is 9.24 Å². The summed E-state index contributed by atoms with van der Waals surface area (Å²) in [6.45, 7) is 3.90. The van der Waals surface area contributed by atoms with E-state index in [0.717, 1.165) is 5.56 Å². The van der Waals surface area contributed by atoms with Crippen molar-refractivity contribution in [3.05, 3.63) is 35.9 Å². The van der Waals surface area contributed by atoms with Gasteiger partial charge in [-0.2, -0.15) is 12.7 Å². The van der Waals surface area contributed by atoms with Gasteiger partial charge in [0, 0.05) is 23.3 Å². The smallest absolute Gasteiger partial charge is 0.195 e. The molecule has 0 aliphatic heterocycles. The summed E-state index contributed by atoms with van der Waals surface area (Å²) in [5.41, 5.74) is 0.926. The van der Waals surface area contributed by atoms with Gasteiger partial charge >= 0.3 is 0 Å². The summed E-state index contributed by atoms with van der Waals surface area (Å²) in [7, 11) is 1.69. The molecule has 0 radical (unpaired) electrons. The van der Waals surface area contributed by atoms with Crippen molar-refractivity contribution in [1.82, 2.24) is 4.31 Å². The van der Waals surface area contributed by atoms with Crippen molar-refractivity contribution >= 4 is 19.9 Å². The molecule has 5 heteroatoms. The zero-order valence-corrected chi connectivity index (χ0v) is 10.3. The number of rotatable bonds is 4. The van der Waals surface area contributed by atoms with Crippen LogP contribution < -0.4 is 0 Å². The van der Waals surface area contributed by atoms with E-state index in [1.165, 1.54) is 4.31 Å². The van der Waals surface area contributed by atoms with Gasteiger partial charge in [-0.15, -0.1) is 0 Å². The maximum absolute atomic E-state index is 11.3. The molecule has 84 valence electrons. The molecule has 0 unspecified atom stereocenters. The van der Waals surface area contributed by atoms with Crippen LogP contribution in [0.4, 0.5) is 0 Å². The molecule has 0 heterocycles. The first-order valence-corrected chi connectivity index (χ1v) is 6.93. The van der Waals surface area contributed by atoms with Crippen molar-refractivity contribution in [2.75, 3.05) is 0 Å². The van der Waals surface area contributed by atoms with E-state index in [1.807, 2.05) is 30.3 Å². The van der Waals surface area contributed by atoms with Crippen LogP contribution in [0.25, 0.3) is 0 Å². The van der Waals surface area contributed by atoms with E-state index in [4.69, 9.17) is 10.7 Å². The van der Waals surface area contributed by atoms with Gasteiger partial charge in [0.05, 0.1) is 0 Å². The van der Waals surface area contributed by atoms with Crippen LogP contribution in [-0.2, 0) is 15.8 Å². The van der Waals surface area contributed by atoms with Crippen LogP contribution in [0.1, 0.15) is 19.4 Å². The topological polar surface area (TPSA) is 37.4 Å². The summed E-state index contributed by atoms with van der Waals surface area (Å²) in [6.07, 6.45) is 0. The third-order valence-electron chi connectivity index (χ3n) is 2.04. The molecule has 1 aromatic rings. The Morgan fingerprint density at radius 1 is 1.27 bits per heavy atom. The fourth-order valence-corrected chi connectivity index (χ4v) is 2.71. The average Bonchev–Trinajstić information content (AvgIpc) is 2.13. The zero-order chi connectivity index (χ0) is 11.5. The Morgan fingerprint density at radius 3 is 2.20 bits per heavy atom. The van der Waals surface area contributed by atoms with Crippen molar-refractivity contribution in [3.8, 4) is 0 Å². The van der Waals surface area contributed by atoms with Gasteiger partial charge in [-0.05, 0) is 19.4 Å². The lowest BCUT2D eigenvalue weighted by Gasteiger charge is -2.22. The van der Waals surface area contributed by atoms with Crippen LogP contribution in [0, 0.1) is 0 Å². The second kappa shape index (κ2) is 4.96. The Morgan fingerprint density at radius 2 is 1.80 bits per heavy atom. The van der Waals surface area contributed by atoms with E-state index in [9.17, 15) is 8.42 Å². The minimum atomic E-state index is -3.66. The molecule has 0 aromatic heterocycles. The van der Waals surface area contributed by atoms with Gasteiger partial charge < -0.3 is 0 Å². The average molecular weight is 248 g/mol. The number of hydrogen-bond donors (Lipinski definition) is 0. The van der Waals surface area contributed by atoms with Gasteiger partial charge in [0.25, 0.3) is 9.24 Å². The zero-order valence-electron chi connectivity index (χ0n) is 8.72. The third kappa shape index (κ3) is 3.81. The molecule has 1 aromatic carbocycles. The van der Waals surface area contributed by atoms with E-state index in [2.05, 4.69) is 0 Å². The first kappa shape index (κ1) is 12.5. The molecule has 15 heavy (non-hydrogen) atoms. The van der Waals surface area contributed by atoms with Gasteiger partial charge in [-0.3, -0.25) is 0 Å². The van der Waals surface area contributed by atoms with Gasteiger partial charge in [0.15, 0.2) is 0 Å². The van der Waals surface area contributed by atoms with Crippen molar-refractivity contribution < 1.29 is 8.42 Å². The number of hydrogen-bond acceptors (Lipinski definition) is 2. The van der Waals surface area contributed by atoms with Crippen LogP contribution in [0.2, 0.25) is 0 Å². The molecule has 3 nitrogen and oxygen atoms in total. The molecule has 0 spiro atoms. The predicted molar refractivity (Wildman–Crippen MR) is 61.9 cm³/mol. The molecule has 0 saturated heterocycles. The Kier molecular flexibility index (Phi) is 4.13. The molecule has 0 N–H and O–H groups in total. The number of nitrogens with zero attached hydrogens (tertiary/aromatic N) is 1. The molecule has 0 atom stereocenters. The van der Waals surface area contributed by atoms with Gasteiger partial charge in [-0.1, -0.05) is 30.3 Å². The lowest BCUT2D eigenvalue weighted by molar-refractivity contribution is 0.356.